The molecule has 0 unspecified atom stereocenters. The van der Waals surface area contributed by atoms with Crippen LogP contribution >= 0.6 is 11.6 Å². The molecule has 3 rings (SSSR count). The molecule has 33 heavy (non-hydrogen) atoms. The summed E-state index contributed by atoms with van der Waals surface area (Å²) in [6.45, 7) is 1.75. The van der Waals surface area contributed by atoms with Gasteiger partial charge in [0, 0.05) is 12.1 Å². The van der Waals surface area contributed by atoms with Gasteiger partial charge in [-0.05, 0) is 56.4 Å². The Hall–Kier alpha value is -2.09. The molecule has 0 aliphatic heterocycles. The average molecular weight is 493 g/mol. The molecule has 0 bridgehead atoms. The molecule has 1 fully saturated rings. The normalized spacial score (nSPS) is 15.9. The van der Waals surface area contributed by atoms with Crippen LogP contribution in [0.2, 0.25) is 5.02 Å². The third-order valence-corrected chi connectivity index (χ3v) is 8.32. The van der Waals surface area contributed by atoms with Crippen LogP contribution in [0, 0.1) is 0 Å². The quantitative estimate of drug-likeness (QED) is 0.516. The number of amides is 1. The largest absolute Gasteiger partial charge is 0.495 e. The van der Waals surface area contributed by atoms with E-state index in [1.165, 1.54) is 29.1 Å². The molecule has 0 radical (unpaired) electrons. The number of sulfonamides is 1. The Morgan fingerprint density at radius 1 is 1.15 bits per heavy atom. The Labute approximate surface area is 202 Å². The highest BCUT2D eigenvalue weighted by atomic mass is 35.5. The molecule has 0 heterocycles. The number of carbonyl (C=O) groups is 1. The summed E-state index contributed by atoms with van der Waals surface area (Å²) in [4.78, 5) is 13.0. The van der Waals surface area contributed by atoms with Gasteiger partial charge in [0.05, 0.1) is 23.6 Å². The lowest BCUT2D eigenvalue weighted by Crippen LogP contribution is -2.48. The smallest absolute Gasteiger partial charge is 0.243 e. The fourth-order valence-corrected chi connectivity index (χ4v) is 6.27. The van der Waals surface area contributed by atoms with E-state index in [0.717, 1.165) is 44.9 Å². The summed E-state index contributed by atoms with van der Waals surface area (Å²) in [5.41, 5.74) is 1.21. The molecule has 8 heteroatoms. The lowest BCUT2D eigenvalue weighted by Gasteiger charge is -2.33. The van der Waals surface area contributed by atoms with Crippen LogP contribution in [0.5, 0.6) is 5.75 Å². The highest BCUT2D eigenvalue weighted by Crippen LogP contribution is 2.31. The summed E-state index contributed by atoms with van der Waals surface area (Å²) >= 11 is 6.20. The highest BCUT2D eigenvalue weighted by molar-refractivity contribution is 7.89. The van der Waals surface area contributed by atoms with E-state index < -0.39 is 10.0 Å². The number of carbonyl (C=O) groups excluding carboxylic acids is 1. The minimum absolute atomic E-state index is 0.0657. The van der Waals surface area contributed by atoms with Crippen molar-refractivity contribution in [2.45, 2.75) is 68.8 Å². The standard InChI is InChI=1S/C25H33ClN2O4S/c1-19(13-14-20-9-5-3-6-10-20)27-25(29)18-28(21-11-7-4-8-12-21)33(30,31)22-15-16-24(32-2)23(26)17-22/h3,5-6,9-10,15-17,19,21H,4,7-8,11-14,18H2,1-2H3,(H,27,29)/t19-/m0/s1. The fraction of sp³-hybridized carbons (Fsp3) is 0.480. The first-order valence-corrected chi connectivity index (χ1v) is 13.3. The van der Waals surface area contributed by atoms with Crippen LogP contribution in [-0.2, 0) is 21.2 Å². The summed E-state index contributed by atoms with van der Waals surface area (Å²) < 4.78 is 33.6. The zero-order valence-electron chi connectivity index (χ0n) is 19.3. The molecule has 1 saturated carbocycles. The van der Waals surface area contributed by atoms with E-state index in [4.69, 9.17) is 16.3 Å². The van der Waals surface area contributed by atoms with E-state index in [9.17, 15) is 13.2 Å². The predicted octanol–water partition coefficient (Wildman–Crippen LogP) is 4.81. The lowest BCUT2D eigenvalue weighted by atomic mass is 9.95. The highest BCUT2D eigenvalue weighted by Gasteiger charge is 2.34. The topological polar surface area (TPSA) is 75.7 Å². The number of hydrogen-bond acceptors (Lipinski definition) is 4. The van der Waals surface area contributed by atoms with E-state index >= 15 is 0 Å². The van der Waals surface area contributed by atoms with Gasteiger partial charge in [-0.25, -0.2) is 8.42 Å². The van der Waals surface area contributed by atoms with Gasteiger partial charge < -0.3 is 10.1 Å². The van der Waals surface area contributed by atoms with Crippen LogP contribution in [0.15, 0.2) is 53.4 Å². The summed E-state index contributed by atoms with van der Waals surface area (Å²) in [5.74, 6) is 0.120. The van der Waals surface area contributed by atoms with Gasteiger partial charge >= 0.3 is 0 Å². The van der Waals surface area contributed by atoms with Crippen molar-refractivity contribution in [3.63, 3.8) is 0 Å². The molecule has 0 spiro atoms. The number of methoxy groups -OCH3 is 1. The van der Waals surface area contributed by atoms with Crippen molar-refractivity contribution in [1.82, 2.24) is 9.62 Å². The molecule has 1 amide bonds. The van der Waals surface area contributed by atoms with Gasteiger partial charge in [-0.3, -0.25) is 4.79 Å². The molecule has 180 valence electrons. The van der Waals surface area contributed by atoms with Crippen LogP contribution in [0.4, 0.5) is 0 Å². The Balaban J connectivity index is 1.72. The molecular formula is C25H33ClN2O4S. The first kappa shape index (κ1) is 25.5. The van der Waals surface area contributed by atoms with Gasteiger partial charge in [0.2, 0.25) is 15.9 Å². The second-order valence-corrected chi connectivity index (χ2v) is 10.9. The predicted molar refractivity (Wildman–Crippen MR) is 131 cm³/mol. The van der Waals surface area contributed by atoms with Crippen LogP contribution in [-0.4, -0.2) is 44.4 Å². The van der Waals surface area contributed by atoms with Crippen molar-refractivity contribution in [3.8, 4) is 5.75 Å². The SMILES string of the molecule is COc1ccc(S(=O)(=O)N(CC(=O)N[C@@H](C)CCc2ccccc2)C2CCCCC2)cc1Cl. The Morgan fingerprint density at radius 3 is 2.48 bits per heavy atom. The number of halogens is 1. The number of nitrogens with zero attached hydrogens (tertiary/aromatic N) is 1. The second kappa shape index (κ2) is 11.9. The Kier molecular flexibility index (Phi) is 9.18. The molecule has 0 aromatic heterocycles. The Bertz CT molecular complexity index is 1020. The number of hydrogen-bond donors (Lipinski definition) is 1. The summed E-state index contributed by atoms with van der Waals surface area (Å²) in [6.07, 6.45) is 6.11. The van der Waals surface area contributed by atoms with Gasteiger partial charge in [0.1, 0.15) is 5.75 Å². The van der Waals surface area contributed by atoms with E-state index in [-0.39, 0.29) is 34.5 Å². The third kappa shape index (κ3) is 6.95. The molecule has 0 saturated heterocycles. The summed E-state index contributed by atoms with van der Waals surface area (Å²) in [7, 11) is -2.42. The molecule has 1 N–H and O–H groups in total. The first-order valence-electron chi connectivity index (χ1n) is 11.5. The number of benzene rings is 2. The molecule has 2 aromatic carbocycles. The van der Waals surface area contributed by atoms with Crippen LogP contribution in [0.25, 0.3) is 0 Å². The number of ether oxygens (including phenoxy) is 1. The number of aryl methyl sites for hydroxylation is 1. The molecule has 1 aliphatic rings. The zero-order valence-corrected chi connectivity index (χ0v) is 20.9. The van der Waals surface area contributed by atoms with Crippen LogP contribution in [0.3, 0.4) is 0 Å². The molecule has 6 nitrogen and oxygen atoms in total. The summed E-state index contributed by atoms with van der Waals surface area (Å²) in [5, 5.41) is 3.21. The van der Waals surface area contributed by atoms with Crippen LogP contribution in [0.1, 0.15) is 51.0 Å². The minimum atomic E-state index is -3.90. The van der Waals surface area contributed by atoms with Gasteiger partial charge in [-0.2, -0.15) is 4.31 Å². The molecular weight excluding hydrogens is 460 g/mol. The monoisotopic (exact) mass is 492 g/mol. The van der Waals surface area contributed by atoms with E-state index in [1.807, 2.05) is 25.1 Å². The van der Waals surface area contributed by atoms with Gasteiger partial charge in [0.25, 0.3) is 0 Å². The van der Waals surface area contributed by atoms with Crippen molar-refractivity contribution >= 4 is 27.5 Å². The van der Waals surface area contributed by atoms with E-state index in [1.54, 1.807) is 6.07 Å². The van der Waals surface area contributed by atoms with Gasteiger partial charge in [0.15, 0.2) is 0 Å². The van der Waals surface area contributed by atoms with Crippen molar-refractivity contribution in [1.29, 1.82) is 0 Å². The molecule has 1 aliphatic carbocycles. The zero-order chi connectivity index (χ0) is 23.8. The fourth-order valence-electron chi connectivity index (χ4n) is 4.28. The maximum Gasteiger partial charge on any atom is 0.243 e. The maximum absolute atomic E-state index is 13.6. The Morgan fingerprint density at radius 2 is 1.85 bits per heavy atom. The van der Waals surface area contributed by atoms with Crippen molar-refractivity contribution in [2.24, 2.45) is 0 Å². The van der Waals surface area contributed by atoms with E-state index in [0.29, 0.717) is 5.75 Å². The van der Waals surface area contributed by atoms with Crippen molar-refractivity contribution in [3.05, 3.63) is 59.1 Å². The first-order chi connectivity index (χ1) is 15.8. The minimum Gasteiger partial charge on any atom is -0.495 e. The maximum atomic E-state index is 13.6. The average Bonchev–Trinajstić information content (AvgIpc) is 2.82. The summed E-state index contributed by atoms with van der Waals surface area (Å²) in [6, 6.07) is 14.2. The van der Waals surface area contributed by atoms with Crippen LogP contribution < -0.4 is 10.1 Å². The molecule has 1 atom stereocenters. The number of nitrogens with one attached hydrogen (secondary N) is 1. The lowest BCUT2D eigenvalue weighted by molar-refractivity contribution is -0.122. The third-order valence-electron chi connectivity index (χ3n) is 6.13. The number of rotatable bonds is 10. The molecule has 2 aromatic rings. The van der Waals surface area contributed by atoms with E-state index in [2.05, 4.69) is 17.4 Å². The van der Waals surface area contributed by atoms with Gasteiger partial charge in [-0.15, -0.1) is 0 Å². The second-order valence-electron chi connectivity index (χ2n) is 8.63. The van der Waals surface area contributed by atoms with Crippen molar-refractivity contribution < 1.29 is 17.9 Å². The van der Waals surface area contributed by atoms with Gasteiger partial charge in [-0.1, -0.05) is 61.2 Å². The van der Waals surface area contributed by atoms with Crippen molar-refractivity contribution in [2.75, 3.05) is 13.7 Å².